The summed E-state index contributed by atoms with van der Waals surface area (Å²) in [6.45, 7) is 0.988. The second kappa shape index (κ2) is 9.67. The first-order chi connectivity index (χ1) is 13.7. The minimum absolute atomic E-state index is 0. The summed E-state index contributed by atoms with van der Waals surface area (Å²) in [6.07, 6.45) is 8.88. The van der Waals surface area contributed by atoms with E-state index in [1.807, 2.05) is 24.3 Å². The lowest BCUT2D eigenvalue weighted by Gasteiger charge is -2.43. The Labute approximate surface area is 190 Å². The SMILES string of the molecule is Cl.Cl.NC1C2CCCC1CC(C(=O)Nc1ccc(-c3nnc4n3CCCC4)cc1)C2. The summed E-state index contributed by atoms with van der Waals surface area (Å²) in [7, 11) is 0. The molecule has 1 aromatic heterocycles. The van der Waals surface area contributed by atoms with Crippen LogP contribution in [-0.2, 0) is 17.8 Å². The highest BCUT2D eigenvalue weighted by Gasteiger charge is 2.40. The molecule has 1 amide bonds. The number of carbonyl (C=O) groups excluding carboxylic acids is 1. The Morgan fingerprint density at radius 2 is 1.70 bits per heavy atom. The third kappa shape index (κ3) is 4.36. The van der Waals surface area contributed by atoms with Gasteiger partial charge in [0.2, 0.25) is 5.91 Å². The highest BCUT2D eigenvalue weighted by atomic mass is 35.5. The van der Waals surface area contributed by atoms with Gasteiger partial charge in [0, 0.05) is 36.2 Å². The van der Waals surface area contributed by atoms with Gasteiger partial charge in [0.25, 0.3) is 0 Å². The number of rotatable bonds is 3. The van der Waals surface area contributed by atoms with Crippen molar-refractivity contribution in [3.05, 3.63) is 30.1 Å². The predicted octanol–water partition coefficient (Wildman–Crippen LogP) is 4.22. The third-order valence-corrected chi connectivity index (χ3v) is 7.05. The maximum Gasteiger partial charge on any atom is 0.227 e. The number of anilines is 1. The molecule has 2 fully saturated rings. The third-order valence-electron chi connectivity index (χ3n) is 7.05. The summed E-state index contributed by atoms with van der Waals surface area (Å²) in [4.78, 5) is 12.8. The van der Waals surface area contributed by atoms with E-state index in [0.717, 1.165) is 48.7 Å². The summed E-state index contributed by atoms with van der Waals surface area (Å²) in [5.41, 5.74) is 8.27. The number of nitrogens with two attached hydrogens (primary N) is 1. The van der Waals surface area contributed by atoms with Crippen LogP contribution in [0.5, 0.6) is 0 Å². The number of nitrogens with one attached hydrogen (secondary N) is 1. The molecule has 3 N–H and O–H groups in total. The maximum absolute atomic E-state index is 12.8. The molecule has 30 heavy (non-hydrogen) atoms. The molecule has 8 heteroatoms. The first kappa shape index (κ1) is 23.0. The van der Waals surface area contributed by atoms with E-state index in [0.29, 0.717) is 17.9 Å². The minimum Gasteiger partial charge on any atom is -0.327 e. The number of carbonyl (C=O) groups is 1. The van der Waals surface area contributed by atoms with Crippen LogP contribution >= 0.6 is 24.8 Å². The fourth-order valence-electron chi connectivity index (χ4n) is 5.47. The second-order valence-corrected chi connectivity index (χ2v) is 8.81. The molecule has 2 saturated carbocycles. The largest absolute Gasteiger partial charge is 0.327 e. The summed E-state index contributed by atoms with van der Waals surface area (Å²) >= 11 is 0. The van der Waals surface area contributed by atoms with Crippen LogP contribution in [0.15, 0.2) is 24.3 Å². The number of hydrogen-bond acceptors (Lipinski definition) is 4. The van der Waals surface area contributed by atoms with Crippen LogP contribution < -0.4 is 11.1 Å². The number of halogens is 2. The first-order valence-electron chi connectivity index (χ1n) is 10.8. The van der Waals surface area contributed by atoms with Crippen molar-refractivity contribution in [1.82, 2.24) is 14.8 Å². The average molecular weight is 452 g/mol. The predicted molar refractivity (Wildman–Crippen MR) is 123 cm³/mol. The topological polar surface area (TPSA) is 85.8 Å². The van der Waals surface area contributed by atoms with Crippen LogP contribution in [0.3, 0.4) is 0 Å². The molecule has 164 valence electrons. The van der Waals surface area contributed by atoms with Gasteiger partial charge in [0.05, 0.1) is 0 Å². The Balaban J connectivity index is 0.00000128. The molecule has 2 heterocycles. The molecule has 0 saturated heterocycles. The molecule has 6 nitrogen and oxygen atoms in total. The Kier molecular flexibility index (Phi) is 7.43. The molecule has 1 aliphatic heterocycles. The number of benzene rings is 1. The van der Waals surface area contributed by atoms with Gasteiger partial charge >= 0.3 is 0 Å². The minimum atomic E-state index is 0. The molecule has 0 spiro atoms. The van der Waals surface area contributed by atoms with Gasteiger partial charge in [0.1, 0.15) is 5.82 Å². The number of hydrogen-bond donors (Lipinski definition) is 2. The van der Waals surface area contributed by atoms with Gasteiger partial charge in [-0.3, -0.25) is 4.79 Å². The van der Waals surface area contributed by atoms with Crippen molar-refractivity contribution in [3.63, 3.8) is 0 Å². The summed E-state index contributed by atoms with van der Waals surface area (Å²) < 4.78 is 2.22. The standard InChI is InChI=1S/C22H29N5O.2ClH/c23-20-15-4-3-5-16(20)13-17(12-15)22(28)24-18-9-7-14(8-10-18)21-26-25-19-6-1-2-11-27(19)21;;/h7-10,15-17,20H,1-6,11-13,23H2,(H,24,28);2*1H. The quantitative estimate of drug-likeness (QED) is 0.730. The fraction of sp³-hybridized carbons (Fsp3) is 0.591. The van der Waals surface area contributed by atoms with E-state index in [-0.39, 0.29) is 36.6 Å². The lowest BCUT2D eigenvalue weighted by atomic mass is 9.65. The van der Waals surface area contributed by atoms with E-state index in [2.05, 4.69) is 20.1 Å². The van der Waals surface area contributed by atoms with Crippen molar-refractivity contribution in [2.45, 2.75) is 64.0 Å². The van der Waals surface area contributed by atoms with Crippen LogP contribution in [0.4, 0.5) is 5.69 Å². The van der Waals surface area contributed by atoms with Gasteiger partial charge in [-0.1, -0.05) is 6.42 Å². The van der Waals surface area contributed by atoms with Crippen molar-refractivity contribution in [2.24, 2.45) is 23.5 Å². The summed E-state index contributed by atoms with van der Waals surface area (Å²) in [5, 5.41) is 11.8. The molecule has 2 aliphatic carbocycles. The molecular weight excluding hydrogens is 421 g/mol. The molecule has 2 unspecified atom stereocenters. The van der Waals surface area contributed by atoms with Gasteiger partial charge in [-0.15, -0.1) is 35.0 Å². The maximum atomic E-state index is 12.8. The van der Waals surface area contributed by atoms with E-state index >= 15 is 0 Å². The van der Waals surface area contributed by atoms with Crippen LogP contribution in [-0.4, -0.2) is 26.7 Å². The van der Waals surface area contributed by atoms with Gasteiger partial charge in [0.15, 0.2) is 5.82 Å². The summed E-state index contributed by atoms with van der Waals surface area (Å²) in [6, 6.07) is 8.33. The average Bonchev–Trinajstić information content (AvgIpc) is 3.12. The highest BCUT2D eigenvalue weighted by molar-refractivity contribution is 5.92. The van der Waals surface area contributed by atoms with Crippen molar-refractivity contribution in [3.8, 4) is 11.4 Å². The van der Waals surface area contributed by atoms with Gasteiger partial charge in [-0.2, -0.15) is 0 Å². The van der Waals surface area contributed by atoms with Crippen LogP contribution in [0.1, 0.15) is 50.8 Å². The van der Waals surface area contributed by atoms with Crippen molar-refractivity contribution in [2.75, 3.05) is 5.32 Å². The molecule has 5 rings (SSSR count). The Bertz CT molecular complexity index is 855. The second-order valence-electron chi connectivity index (χ2n) is 8.81. The van der Waals surface area contributed by atoms with Crippen LogP contribution in [0.2, 0.25) is 0 Å². The van der Waals surface area contributed by atoms with Gasteiger partial charge < -0.3 is 15.6 Å². The van der Waals surface area contributed by atoms with E-state index < -0.39 is 0 Å². The molecule has 2 atom stereocenters. The van der Waals surface area contributed by atoms with Crippen molar-refractivity contribution >= 4 is 36.4 Å². The normalized spacial score (nSPS) is 27.2. The number of fused-ring (bicyclic) bond motifs is 3. The molecule has 3 aliphatic rings. The van der Waals surface area contributed by atoms with E-state index in [9.17, 15) is 4.79 Å². The number of aryl methyl sites for hydroxylation is 1. The van der Waals surface area contributed by atoms with E-state index in [1.165, 1.54) is 32.1 Å². The summed E-state index contributed by atoms with van der Waals surface area (Å²) in [5.74, 6) is 3.30. The smallest absolute Gasteiger partial charge is 0.227 e. The Morgan fingerprint density at radius 3 is 2.40 bits per heavy atom. The molecule has 1 aromatic carbocycles. The monoisotopic (exact) mass is 451 g/mol. The lowest BCUT2D eigenvalue weighted by molar-refractivity contribution is -0.122. The molecular formula is C22H31Cl2N5O. The zero-order chi connectivity index (χ0) is 19.1. The zero-order valence-electron chi connectivity index (χ0n) is 17.1. The van der Waals surface area contributed by atoms with Crippen molar-refractivity contribution in [1.29, 1.82) is 0 Å². The highest BCUT2D eigenvalue weighted by Crippen LogP contribution is 2.42. The fourth-order valence-corrected chi connectivity index (χ4v) is 5.47. The number of nitrogens with zero attached hydrogens (tertiary/aromatic N) is 3. The van der Waals surface area contributed by atoms with Crippen LogP contribution in [0.25, 0.3) is 11.4 Å². The molecule has 2 aromatic rings. The van der Waals surface area contributed by atoms with Gasteiger partial charge in [-0.05, 0) is 74.6 Å². The number of amides is 1. The zero-order valence-corrected chi connectivity index (χ0v) is 18.8. The first-order valence-corrected chi connectivity index (χ1v) is 10.8. The Hall–Kier alpha value is -1.63. The van der Waals surface area contributed by atoms with E-state index in [4.69, 9.17) is 5.73 Å². The van der Waals surface area contributed by atoms with Crippen molar-refractivity contribution < 1.29 is 4.79 Å². The number of aromatic nitrogens is 3. The van der Waals surface area contributed by atoms with Crippen LogP contribution in [0, 0.1) is 17.8 Å². The molecule has 2 bridgehead atoms. The van der Waals surface area contributed by atoms with Gasteiger partial charge in [-0.25, -0.2) is 0 Å². The Morgan fingerprint density at radius 1 is 1.00 bits per heavy atom. The molecule has 0 radical (unpaired) electrons. The van der Waals surface area contributed by atoms with E-state index in [1.54, 1.807) is 0 Å². The lowest BCUT2D eigenvalue weighted by Crippen LogP contribution is -2.48.